The number of aromatic carboxylic acids is 1. The largest absolute Gasteiger partial charge is 0.497 e. The van der Waals surface area contributed by atoms with Crippen LogP contribution in [0.4, 0.5) is 18.9 Å². The van der Waals surface area contributed by atoms with E-state index in [-0.39, 0.29) is 28.7 Å². The summed E-state index contributed by atoms with van der Waals surface area (Å²) in [5.74, 6) is 0.415. The van der Waals surface area contributed by atoms with Gasteiger partial charge >= 0.3 is 12.1 Å². The molecule has 0 amide bonds. The molecule has 1 saturated heterocycles. The van der Waals surface area contributed by atoms with Gasteiger partial charge in [-0.3, -0.25) is 4.98 Å². The Bertz CT molecular complexity index is 1620. The predicted octanol–water partition coefficient (Wildman–Crippen LogP) is 7.16. The van der Waals surface area contributed by atoms with E-state index in [1.165, 1.54) is 25.3 Å². The number of benzene rings is 2. The van der Waals surface area contributed by atoms with Crippen LogP contribution >= 0.6 is 0 Å². The summed E-state index contributed by atoms with van der Waals surface area (Å²) in [5, 5.41) is 13.5. The summed E-state index contributed by atoms with van der Waals surface area (Å²) in [7, 11) is 1.48. The van der Waals surface area contributed by atoms with Crippen molar-refractivity contribution in [2.45, 2.75) is 24.9 Å². The van der Waals surface area contributed by atoms with E-state index in [1.807, 2.05) is 24.3 Å². The second-order valence-electron chi connectivity index (χ2n) is 10.3. The zero-order chi connectivity index (χ0) is 28.7. The Morgan fingerprint density at radius 2 is 1.90 bits per heavy atom. The first-order valence-corrected chi connectivity index (χ1v) is 13.2. The SMILES string of the molecule is COc1cc(C(=O)O)cc(-c2ccc(N3CC(C=Cc4c(-c5ccccc5C(F)(F)F)noc4C4CC4)C3)cn2)c1. The molecule has 2 aromatic heterocycles. The number of halogens is 3. The number of rotatable bonds is 8. The number of ether oxygens (including phenoxy) is 1. The third-order valence-corrected chi connectivity index (χ3v) is 7.43. The number of carboxylic acids is 1. The summed E-state index contributed by atoms with van der Waals surface area (Å²) in [6.07, 6.45) is 2.98. The molecule has 0 radical (unpaired) electrons. The van der Waals surface area contributed by atoms with Gasteiger partial charge in [0, 0.05) is 41.6 Å². The van der Waals surface area contributed by atoms with Gasteiger partial charge in [-0.15, -0.1) is 0 Å². The highest BCUT2D eigenvalue weighted by atomic mass is 19.4. The molecule has 0 unspecified atom stereocenters. The minimum atomic E-state index is -4.50. The number of nitrogens with zero attached hydrogens (tertiary/aromatic N) is 3. The van der Waals surface area contributed by atoms with Crippen molar-refractivity contribution < 1.29 is 32.3 Å². The van der Waals surface area contributed by atoms with Crippen LogP contribution in [0.3, 0.4) is 0 Å². The van der Waals surface area contributed by atoms with E-state index < -0.39 is 17.7 Å². The maximum absolute atomic E-state index is 13.7. The van der Waals surface area contributed by atoms with Crippen molar-refractivity contribution in [1.82, 2.24) is 10.1 Å². The molecule has 4 aromatic rings. The lowest BCUT2D eigenvalue weighted by molar-refractivity contribution is -0.137. The smallest absolute Gasteiger partial charge is 0.417 e. The Morgan fingerprint density at radius 1 is 1.12 bits per heavy atom. The van der Waals surface area contributed by atoms with Gasteiger partial charge in [0.05, 0.1) is 35.8 Å². The Balaban J connectivity index is 1.18. The van der Waals surface area contributed by atoms with E-state index in [2.05, 4.69) is 15.0 Å². The van der Waals surface area contributed by atoms with E-state index in [0.717, 1.165) is 37.7 Å². The third kappa shape index (κ3) is 5.41. The standard InChI is InChI=1S/C31H26F3N3O4/c1-40-23-13-20(12-21(14-23)30(38)39)27-11-9-22(15-35-27)37-16-18(17-37)6-10-25-28(36-41-29(25)19-7-8-19)24-4-2-3-5-26(24)31(32,33)34/h2-6,9-15,18-19H,7-8,16-17H2,1H3,(H,38,39). The fourth-order valence-corrected chi connectivity index (χ4v) is 5.05. The number of aromatic nitrogens is 2. The van der Waals surface area contributed by atoms with Gasteiger partial charge < -0.3 is 19.3 Å². The number of hydrogen-bond acceptors (Lipinski definition) is 6. The first-order chi connectivity index (χ1) is 19.7. The van der Waals surface area contributed by atoms with Crippen LogP contribution in [-0.4, -0.2) is 41.4 Å². The molecule has 2 aliphatic rings. The topological polar surface area (TPSA) is 88.7 Å². The number of alkyl halides is 3. The lowest BCUT2D eigenvalue weighted by Crippen LogP contribution is -2.45. The number of hydrogen-bond donors (Lipinski definition) is 1. The molecule has 0 spiro atoms. The van der Waals surface area contributed by atoms with Gasteiger partial charge in [-0.2, -0.15) is 13.2 Å². The Hall–Kier alpha value is -4.60. The average Bonchev–Trinajstić information content (AvgIpc) is 3.70. The van der Waals surface area contributed by atoms with Gasteiger partial charge in [-0.25, -0.2) is 4.79 Å². The predicted molar refractivity (Wildman–Crippen MR) is 147 cm³/mol. The van der Waals surface area contributed by atoms with Crippen molar-refractivity contribution in [2.75, 3.05) is 25.1 Å². The highest BCUT2D eigenvalue weighted by Crippen LogP contribution is 2.46. The van der Waals surface area contributed by atoms with E-state index in [0.29, 0.717) is 28.3 Å². The van der Waals surface area contributed by atoms with Crippen molar-refractivity contribution in [3.8, 4) is 28.3 Å². The summed E-state index contributed by atoms with van der Waals surface area (Å²) in [4.78, 5) is 18.1. The number of pyridine rings is 1. The molecule has 0 atom stereocenters. The van der Waals surface area contributed by atoms with E-state index in [9.17, 15) is 23.1 Å². The lowest BCUT2D eigenvalue weighted by Gasteiger charge is -2.39. The highest BCUT2D eigenvalue weighted by Gasteiger charge is 2.37. The van der Waals surface area contributed by atoms with Crippen LogP contribution in [0.25, 0.3) is 28.6 Å². The van der Waals surface area contributed by atoms with Gasteiger partial charge in [0.15, 0.2) is 0 Å². The maximum atomic E-state index is 13.7. The molecule has 2 aromatic carbocycles. The summed E-state index contributed by atoms with van der Waals surface area (Å²) < 4.78 is 51.9. The van der Waals surface area contributed by atoms with Crippen molar-refractivity contribution >= 4 is 17.7 Å². The number of carboxylic acid groups (broad SMARTS) is 1. The average molecular weight is 562 g/mol. The van der Waals surface area contributed by atoms with Gasteiger partial charge in [0.25, 0.3) is 0 Å². The summed E-state index contributed by atoms with van der Waals surface area (Å²) in [6.45, 7) is 1.44. The van der Waals surface area contributed by atoms with Crippen LogP contribution in [0.5, 0.6) is 5.75 Å². The minimum absolute atomic E-state index is 0.0169. The molecule has 3 heterocycles. The zero-order valence-corrected chi connectivity index (χ0v) is 22.1. The van der Waals surface area contributed by atoms with Crippen molar-refractivity contribution in [3.05, 3.63) is 89.3 Å². The van der Waals surface area contributed by atoms with Crippen LogP contribution in [0.15, 0.2) is 71.4 Å². The van der Waals surface area contributed by atoms with Gasteiger partial charge in [0.2, 0.25) is 0 Å². The first-order valence-electron chi connectivity index (χ1n) is 13.2. The van der Waals surface area contributed by atoms with Gasteiger partial charge in [-0.1, -0.05) is 35.5 Å². The molecule has 41 heavy (non-hydrogen) atoms. The summed E-state index contributed by atoms with van der Waals surface area (Å²) >= 11 is 0. The molecule has 10 heteroatoms. The monoisotopic (exact) mass is 561 g/mol. The third-order valence-electron chi connectivity index (χ3n) is 7.43. The molecule has 6 rings (SSSR count). The zero-order valence-electron chi connectivity index (χ0n) is 22.1. The maximum Gasteiger partial charge on any atom is 0.417 e. The minimum Gasteiger partial charge on any atom is -0.497 e. The van der Waals surface area contributed by atoms with E-state index in [4.69, 9.17) is 9.26 Å². The highest BCUT2D eigenvalue weighted by molar-refractivity contribution is 5.90. The van der Waals surface area contributed by atoms with E-state index in [1.54, 1.807) is 24.4 Å². The van der Waals surface area contributed by atoms with Crippen molar-refractivity contribution in [3.63, 3.8) is 0 Å². The molecular formula is C31H26F3N3O4. The number of methoxy groups -OCH3 is 1. The lowest BCUT2D eigenvalue weighted by atomic mass is 9.95. The van der Waals surface area contributed by atoms with Crippen molar-refractivity contribution in [2.24, 2.45) is 5.92 Å². The second-order valence-corrected chi connectivity index (χ2v) is 10.3. The van der Waals surface area contributed by atoms with Gasteiger partial charge in [0.1, 0.15) is 17.2 Å². The second kappa shape index (κ2) is 10.4. The van der Waals surface area contributed by atoms with Crippen LogP contribution in [-0.2, 0) is 6.18 Å². The molecule has 1 aliphatic heterocycles. The normalized spacial score (nSPS) is 15.8. The molecule has 7 nitrogen and oxygen atoms in total. The summed E-state index contributed by atoms with van der Waals surface area (Å²) in [6, 6.07) is 14.0. The molecule has 2 fully saturated rings. The van der Waals surface area contributed by atoms with Crippen molar-refractivity contribution in [1.29, 1.82) is 0 Å². The molecule has 210 valence electrons. The van der Waals surface area contributed by atoms with Crippen LogP contribution in [0, 0.1) is 5.92 Å². The van der Waals surface area contributed by atoms with E-state index >= 15 is 0 Å². The Kier molecular flexibility index (Phi) is 6.76. The Morgan fingerprint density at radius 3 is 2.56 bits per heavy atom. The molecule has 1 aliphatic carbocycles. The van der Waals surface area contributed by atoms with Crippen LogP contribution < -0.4 is 9.64 Å². The quantitative estimate of drug-likeness (QED) is 0.244. The fourth-order valence-electron chi connectivity index (χ4n) is 5.05. The summed E-state index contributed by atoms with van der Waals surface area (Å²) in [5.41, 5.74) is 2.42. The molecule has 0 bridgehead atoms. The van der Waals surface area contributed by atoms with Gasteiger partial charge in [-0.05, 0) is 49.2 Å². The van der Waals surface area contributed by atoms with Crippen LogP contribution in [0.1, 0.15) is 46.0 Å². The van der Waals surface area contributed by atoms with Crippen LogP contribution in [0.2, 0.25) is 0 Å². The first kappa shape index (κ1) is 26.6. The molecular weight excluding hydrogens is 535 g/mol. The fraction of sp³-hybridized carbons (Fsp3) is 0.258. The molecule has 1 N–H and O–H groups in total. The molecule has 1 saturated carbocycles. The number of carbonyl (C=O) groups is 1. The Labute approximate surface area is 233 Å². The number of anilines is 1.